The number of benzene rings is 2. The normalized spacial score (nSPS) is 13.4. The van der Waals surface area contributed by atoms with Crippen LogP contribution in [0.15, 0.2) is 48.5 Å². The van der Waals surface area contributed by atoms with Crippen LogP contribution in [0, 0.1) is 5.82 Å². The lowest BCUT2D eigenvalue weighted by atomic mass is 10.0. The van der Waals surface area contributed by atoms with Gasteiger partial charge < -0.3 is 10.2 Å². The Hall–Kier alpha value is -2.34. The van der Waals surface area contributed by atoms with Gasteiger partial charge in [0, 0.05) is 12.6 Å². The molecule has 1 aliphatic rings. The number of hydrogen-bond acceptors (Lipinski definition) is 3. The maximum absolute atomic E-state index is 13.6. The number of nitrogens with zero attached hydrogens (tertiary/aromatic N) is 1. The van der Waals surface area contributed by atoms with Crippen LogP contribution in [0.25, 0.3) is 0 Å². The lowest BCUT2D eigenvalue weighted by Gasteiger charge is -2.23. The molecule has 0 spiro atoms. The highest BCUT2D eigenvalue weighted by molar-refractivity contribution is 8.00. The minimum absolute atomic E-state index is 0.0455. The highest BCUT2D eigenvalue weighted by atomic mass is 32.2. The lowest BCUT2D eigenvalue weighted by molar-refractivity contribution is -0.129. The van der Waals surface area contributed by atoms with Crippen LogP contribution in [0.1, 0.15) is 43.7 Å². The van der Waals surface area contributed by atoms with Gasteiger partial charge in [0.25, 0.3) is 0 Å². The molecular formula is C23H27FN2O2S. The van der Waals surface area contributed by atoms with Crippen molar-refractivity contribution >= 4 is 29.3 Å². The van der Waals surface area contributed by atoms with Gasteiger partial charge in [-0.2, -0.15) is 0 Å². The highest BCUT2D eigenvalue weighted by Gasteiger charge is 2.32. The van der Waals surface area contributed by atoms with Gasteiger partial charge in [0.05, 0.1) is 17.2 Å². The average Bonchev–Trinajstić information content (AvgIpc) is 3.53. The number of carbonyl (C=O) groups excluding carboxylic acids is 2. The molecule has 1 saturated carbocycles. The van der Waals surface area contributed by atoms with Crippen molar-refractivity contribution < 1.29 is 14.0 Å². The van der Waals surface area contributed by atoms with Crippen LogP contribution in [-0.2, 0) is 16.1 Å². The maximum Gasteiger partial charge on any atom is 0.234 e. The fourth-order valence-electron chi connectivity index (χ4n) is 3.07. The summed E-state index contributed by atoms with van der Waals surface area (Å²) in [4.78, 5) is 26.7. The third kappa shape index (κ3) is 6.32. The van der Waals surface area contributed by atoms with Crippen LogP contribution in [0.2, 0.25) is 0 Å². The predicted molar refractivity (Wildman–Crippen MR) is 116 cm³/mol. The summed E-state index contributed by atoms with van der Waals surface area (Å²) < 4.78 is 13.6. The Bertz CT molecular complexity index is 850. The van der Waals surface area contributed by atoms with Crippen molar-refractivity contribution in [3.8, 4) is 0 Å². The molecule has 6 heteroatoms. The second-order valence-electron chi connectivity index (χ2n) is 7.67. The third-order valence-corrected chi connectivity index (χ3v) is 5.83. The number of carbonyl (C=O) groups is 2. The van der Waals surface area contributed by atoms with Crippen molar-refractivity contribution in [2.75, 3.05) is 16.8 Å². The molecule has 2 aromatic carbocycles. The topological polar surface area (TPSA) is 49.4 Å². The van der Waals surface area contributed by atoms with Crippen LogP contribution in [0.5, 0.6) is 0 Å². The molecule has 0 unspecified atom stereocenters. The van der Waals surface area contributed by atoms with Crippen LogP contribution in [-0.4, -0.2) is 34.3 Å². The van der Waals surface area contributed by atoms with E-state index in [1.54, 1.807) is 12.1 Å². The largest absolute Gasteiger partial charge is 0.335 e. The predicted octanol–water partition coefficient (Wildman–Crippen LogP) is 4.81. The first-order valence-corrected chi connectivity index (χ1v) is 11.1. The van der Waals surface area contributed by atoms with Gasteiger partial charge in [0.2, 0.25) is 11.8 Å². The minimum atomic E-state index is -0.467. The Balaban J connectivity index is 1.48. The molecule has 2 amide bonds. The smallest absolute Gasteiger partial charge is 0.234 e. The molecule has 1 N–H and O–H groups in total. The number of amides is 2. The Labute approximate surface area is 175 Å². The fourth-order valence-corrected chi connectivity index (χ4v) is 3.77. The second-order valence-corrected chi connectivity index (χ2v) is 8.66. The zero-order valence-corrected chi connectivity index (χ0v) is 17.7. The van der Waals surface area contributed by atoms with E-state index in [0.29, 0.717) is 18.5 Å². The summed E-state index contributed by atoms with van der Waals surface area (Å²) in [5, 5.41) is 2.54. The van der Waals surface area contributed by atoms with E-state index >= 15 is 0 Å². The monoisotopic (exact) mass is 414 g/mol. The summed E-state index contributed by atoms with van der Waals surface area (Å²) in [7, 11) is 0. The molecule has 1 fully saturated rings. The number of hydrogen-bond donors (Lipinski definition) is 1. The van der Waals surface area contributed by atoms with E-state index in [9.17, 15) is 14.0 Å². The Morgan fingerprint density at radius 2 is 1.79 bits per heavy atom. The number of halogens is 1. The molecule has 154 valence electrons. The lowest BCUT2D eigenvalue weighted by Crippen LogP contribution is -2.34. The van der Waals surface area contributed by atoms with E-state index in [4.69, 9.17) is 0 Å². The molecule has 4 nitrogen and oxygen atoms in total. The Kier molecular flexibility index (Phi) is 7.31. The molecule has 0 saturated heterocycles. The summed E-state index contributed by atoms with van der Waals surface area (Å²) in [6, 6.07) is 14.8. The van der Waals surface area contributed by atoms with Crippen molar-refractivity contribution in [3.05, 3.63) is 65.5 Å². The van der Waals surface area contributed by atoms with Gasteiger partial charge in [-0.3, -0.25) is 9.59 Å². The third-order valence-electron chi connectivity index (χ3n) is 4.91. The maximum atomic E-state index is 13.6. The molecule has 2 aromatic rings. The fraction of sp³-hybridized carbons (Fsp3) is 0.391. The first-order chi connectivity index (χ1) is 13.9. The van der Waals surface area contributed by atoms with E-state index < -0.39 is 5.82 Å². The van der Waals surface area contributed by atoms with E-state index in [2.05, 4.69) is 43.4 Å². The molecule has 29 heavy (non-hydrogen) atoms. The number of nitrogens with one attached hydrogen (secondary N) is 1. The average molecular weight is 415 g/mol. The van der Waals surface area contributed by atoms with Crippen LogP contribution < -0.4 is 5.32 Å². The first kappa shape index (κ1) is 21.4. The summed E-state index contributed by atoms with van der Waals surface area (Å²) in [6.45, 7) is 4.92. The molecule has 0 radical (unpaired) electrons. The molecule has 0 aromatic heterocycles. The van der Waals surface area contributed by atoms with E-state index in [1.807, 2.05) is 4.90 Å². The minimum Gasteiger partial charge on any atom is -0.335 e. The SMILES string of the molecule is CC(C)c1ccc(CN(C(=O)CSCC(=O)Nc2ccccc2F)C2CC2)cc1. The van der Waals surface area contributed by atoms with Crippen molar-refractivity contribution in [2.45, 2.75) is 45.2 Å². The van der Waals surface area contributed by atoms with Gasteiger partial charge in [-0.15, -0.1) is 11.8 Å². The number of thioether (sulfide) groups is 1. The van der Waals surface area contributed by atoms with Crippen molar-refractivity contribution in [2.24, 2.45) is 0 Å². The molecule has 3 rings (SSSR count). The second kappa shape index (κ2) is 9.92. The van der Waals surface area contributed by atoms with Gasteiger partial charge in [-0.1, -0.05) is 50.2 Å². The van der Waals surface area contributed by atoms with Gasteiger partial charge in [0.1, 0.15) is 5.82 Å². The summed E-state index contributed by atoms with van der Waals surface area (Å²) in [5.74, 6) is 0.106. The zero-order chi connectivity index (χ0) is 20.8. The summed E-state index contributed by atoms with van der Waals surface area (Å²) in [5.41, 5.74) is 2.57. The molecule has 1 aliphatic carbocycles. The van der Waals surface area contributed by atoms with E-state index in [1.165, 1.54) is 29.5 Å². The Morgan fingerprint density at radius 1 is 1.10 bits per heavy atom. The molecule has 0 aliphatic heterocycles. The zero-order valence-electron chi connectivity index (χ0n) is 16.9. The van der Waals surface area contributed by atoms with Gasteiger partial charge in [0.15, 0.2) is 0 Å². The number of rotatable bonds is 9. The summed E-state index contributed by atoms with van der Waals surface area (Å²) in [6.07, 6.45) is 2.07. The molecular weight excluding hydrogens is 387 g/mol. The molecule has 0 atom stereocenters. The highest BCUT2D eigenvalue weighted by Crippen LogP contribution is 2.29. The first-order valence-electron chi connectivity index (χ1n) is 9.94. The van der Waals surface area contributed by atoms with Crippen LogP contribution >= 0.6 is 11.8 Å². The molecule has 0 bridgehead atoms. The van der Waals surface area contributed by atoms with Gasteiger partial charge in [-0.05, 0) is 42.0 Å². The van der Waals surface area contributed by atoms with Crippen molar-refractivity contribution in [1.82, 2.24) is 4.90 Å². The molecule has 0 heterocycles. The van der Waals surface area contributed by atoms with Gasteiger partial charge in [-0.25, -0.2) is 4.39 Å². The number of anilines is 1. The standard InChI is InChI=1S/C23H27FN2O2S/c1-16(2)18-9-7-17(8-10-18)13-26(19-11-12-19)23(28)15-29-14-22(27)25-21-6-4-3-5-20(21)24/h3-10,16,19H,11-15H2,1-2H3,(H,25,27). The van der Waals surface area contributed by atoms with E-state index in [-0.39, 0.29) is 29.0 Å². The van der Waals surface area contributed by atoms with E-state index in [0.717, 1.165) is 18.4 Å². The Morgan fingerprint density at radius 3 is 2.41 bits per heavy atom. The van der Waals surface area contributed by atoms with Crippen molar-refractivity contribution in [1.29, 1.82) is 0 Å². The van der Waals surface area contributed by atoms with Crippen LogP contribution in [0.3, 0.4) is 0 Å². The van der Waals surface area contributed by atoms with Gasteiger partial charge >= 0.3 is 0 Å². The van der Waals surface area contributed by atoms with Crippen molar-refractivity contribution in [3.63, 3.8) is 0 Å². The number of para-hydroxylation sites is 1. The quantitative estimate of drug-likeness (QED) is 0.640. The summed E-state index contributed by atoms with van der Waals surface area (Å²) >= 11 is 1.26. The van der Waals surface area contributed by atoms with Crippen LogP contribution in [0.4, 0.5) is 10.1 Å².